The zero-order chi connectivity index (χ0) is 14.5. The van der Waals surface area contributed by atoms with E-state index >= 15 is 0 Å². The summed E-state index contributed by atoms with van der Waals surface area (Å²) in [6, 6.07) is 12.2. The van der Waals surface area contributed by atoms with Crippen molar-refractivity contribution >= 4 is 33.2 Å². The molecule has 0 saturated heterocycles. The number of nitro benzene ring substituents is 1. The topological polar surface area (TPSA) is 55.2 Å². The smallest absolute Gasteiger partial charge is 0.273 e. The van der Waals surface area contributed by atoms with Gasteiger partial charge in [-0.3, -0.25) is 10.1 Å². The summed E-state index contributed by atoms with van der Waals surface area (Å²) in [4.78, 5) is 10.5. The first-order chi connectivity index (χ1) is 9.58. The van der Waals surface area contributed by atoms with Gasteiger partial charge in [-0.2, -0.15) is 0 Å². The van der Waals surface area contributed by atoms with E-state index in [9.17, 15) is 10.1 Å². The van der Waals surface area contributed by atoms with E-state index in [1.54, 1.807) is 24.3 Å². The Bertz CT molecular complexity index is 634. The minimum absolute atomic E-state index is 0.130. The fourth-order valence-electron chi connectivity index (χ4n) is 1.85. The minimum atomic E-state index is -0.369. The molecule has 0 fully saturated rings. The first-order valence-corrected chi connectivity index (χ1v) is 7.12. The van der Waals surface area contributed by atoms with E-state index in [4.69, 9.17) is 11.6 Å². The van der Waals surface area contributed by atoms with Crippen LogP contribution < -0.4 is 5.32 Å². The highest BCUT2D eigenvalue weighted by Crippen LogP contribution is 2.22. The molecule has 1 N–H and O–H groups in total. The molecule has 4 nitrogen and oxygen atoms in total. The van der Waals surface area contributed by atoms with Crippen LogP contribution in [0.4, 0.5) is 5.69 Å². The summed E-state index contributed by atoms with van der Waals surface area (Å²) in [5.41, 5.74) is 1.80. The number of hydrogen-bond donors (Lipinski definition) is 1. The zero-order valence-corrected chi connectivity index (χ0v) is 12.8. The summed E-state index contributed by atoms with van der Waals surface area (Å²) in [5, 5.41) is 14.8. The molecule has 2 aromatic rings. The third-order valence-corrected chi connectivity index (χ3v) is 3.84. The SMILES string of the molecule is O=[N+]([O-])c1ccccc1CNCc1cc(Cl)ccc1Br. The third kappa shape index (κ3) is 3.79. The van der Waals surface area contributed by atoms with Crippen molar-refractivity contribution in [3.8, 4) is 0 Å². The molecule has 0 aliphatic rings. The number of para-hydroxylation sites is 1. The summed E-state index contributed by atoms with van der Waals surface area (Å²) in [5.74, 6) is 0. The molecule has 6 heteroatoms. The Labute approximate surface area is 130 Å². The van der Waals surface area contributed by atoms with E-state index in [0.717, 1.165) is 10.0 Å². The lowest BCUT2D eigenvalue weighted by atomic mass is 10.1. The van der Waals surface area contributed by atoms with E-state index in [2.05, 4.69) is 21.2 Å². The molecule has 0 heterocycles. The molecule has 0 aliphatic heterocycles. The van der Waals surface area contributed by atoms with Crippen LogP contribution in [0.1, 0.15) is 11.1 Å². The molecule has 0 aromatic heterocycles. The van der Waals surface area contributed by atoms with Crippen LogP contribution in [-0.2, 0) is 13.1 Å². The summed E-state index contributed by atoms with van der Waals surface area (Å²) in [6.45, 7) is 1.00. The van der Waals surface area contributed by atoms with Crippen molar-refractivity contribution in [1.82, 2.24) is 5.32 Å². The van der Waals surface area contributed by atoms with Crippen molar-refractivity contribution in [2.45, 2.75) is 13.1 Å². The third-order valence-electron chi connectivity index (χ3n) is 2.83. The maximum absolute atomic E-state index is 10.9. The van der Waals surface area contributed by atoms with Crippen molar-refractivity contribution < 1.29 is 4.92 Å². The van der Waals surface area contributed by atoms with Gasteiger partial charge in [-0.25, -0.2) is 0 Å². The van der Waals surface area contributed by atoms with Crippen LogP contribution in [0.5, 0.6) is 0 Å². The number of nitro groups is 1. The molecule has 0 bridgehead atoms. The maximum atomic E-state index is 10.9. The van der Waals surface area contributed by atoms with E-state index in [1.165, 1.54) is 6.07 Å². The zero-order valence-electron chi connectivity index (χ0n) is 10.5. The van der Waals surface area contributed by atoms with Gasteiger partial charge in [0.25, 0.3) is 5.69 Å². The van der Waals surface area contributed by atoms with Crippen LogP contribution in [-0.4, -0.2) is 4.92 Å². The van der Waals surface area contributed by atoms with Crippen LogP contribution in [0.15, 0.2) is 46.9 Å². The van der Waals surface area contributed by atoms with E-state index < -0.39 is 0 Å². The summed E-state index contributed by atoms with van der Waals surface area (Å²) < 4.78 is 0.956. The van der Waals surface area contributed by atoms with Gasteiger partial charge >= 0.3 is 0 Å². The Kier molecular flexibility index (Phi) is 5.11. The molecule has 2 rings (SSSR count). The van der Waals surface area contributed by atoms with Crippen molar-refractivity contribution in [2.75, 3.05) is 0 Å². The minimum Gasteiger partial charge on any atom is -0.308 e. The maximum Gasteiger partial charge on any atom is 0.273 e. The van der Waals surface area contributed by atoms with Gasteiger partial charge in [0.1, 0.15) is 0 Å². The number of nitrogens with one attached hydrogen (secondary N) is 1. The number of hydrogen-bond acceptors (Lipinski definition) is 3. The predicted octanol–water partition coefficient (Wildman–Crippen LogP) is 4.30. The lowest BCUT2D eigenvalue weighted by molar-refractivity contribution is -0.385. The van der Waals surface area contributed by atoms with Crippen LogP contribution in [0, 0.1) is 10.1 Å². The molecule has 2 aromatic carbocycles. The number of nitrogens with zero attached hydrogens (tertiary/aromatic N) is 1. The number of benzene rings is 2. The molecule has 0 unspecified atom stereocenters. The largest absolute Gasteiger partial charge is 0.308 e. The monoisotopic (exact) mass is 354 g/mol. The molecule has 0 atom stereocenters. The van der Waals surface area contributed by atoms with Crippen LogP contribution in [0.25, 0.3) is 0 Å². The second-order valence-corrected chi connectivity index (χ2v) is 5.52. The average Bonchev–Trinajstić information content (AvgIpc) is 2.43. The standard InChI is InChI=1S/C14H12BrClN2O2/c15-13-6-5-12(16)7-11(13)9-17-8-10-3-1-2-4-14(10)18(19)20/h1-7,17H,8-9H2. The molecule has 20 heavy (non-hydrogen) atoms. The Hall–Kier alpha value is -1.43. The fraction of sp³-hybridized carbons (Fsp3) is 0.143. The van der Waals surface area contributed by atoms with Gasteiger partial charge in [-0.05, 0) is 23.8 Å². The quantitative estimate of drug-likeness (QED) is 0.642. The Morgan fingerprint density at radius 2 is 1.85 bits per heavy atom. The first-order valence-electron chi connectivity index (χ1n) is 5.95. The normalized spacial score (nSPS) is 10.5. The Morgan fingerprint density at radius 3 is 2.60 bits per heavy atom. The van der Waals surface area contributed by atoms with Crippen LogP contribution in [0.2, 0.25) is 5.02 Å². The second-order valence-electron chi connectivity index (χ2n) is 4.23. The highest BCUT2D eigenvalue weighted by atomic mass is 79.9. The molecule has 0 radical (unpaired) electrons. The lowest BCUT2D eigenvalue weighted by Crippen LogP contribution is -2.14. The Morgan fingerprint density at radius 1 is 1.15 bits per heavy atom. The van der Waals surface area contributed by atoms with Gasteiger partial charge in [0, 0.05) is 34.2 Å². The molecule has 0 saturated carbocycles. The van der Waals surface area contributed by atoms with Crippen LogP contribution >= 0.6 is 27.5 Å². The van der Waals surface area contributed by atoms with Crippen LogP contribution in [0.3, 0.4) is 0 Å². The second kappa shape index (κ2) is 6.83. The molecule has 104 valence electrons. The van der Waals surface area contributed by atoms with Crippen molar-refractivity contribution in [2.24, 2.45) is 0 Å². The summed E-state index contributed by atoms with van der Waals surface area (Å²) >= 11 is 9.39. The number of halogens is 2. The first kappa shape index (κ1) is 15.0. The van der Waals surface area contributed by atoms with Gasteiger partial charge < -0.3 is 5.32 Å². The number of rotatable bonds is 5. The molecule has 0 amide bonds. The van der Waals surface area contributed by atoms with E-state index in [-0.39, 0.29) is 10.6 Å². The lowest BCUT2D eigenvalue weighted by Gasteiger charge is -2.08. The van der Waals surface area contributed by atoms with Gasteiger partial charge in [0.2, 0.25) is 0 Å². The van der Waals surface area contributed by atoms with Crippen molar-refractivity contribution in [1.29, 1.82) is 0 Å². The van der Waals surface area contributed by atoms with Gasteiger partial charge in [0.15, 0.2) is 0 Å². The fourth-order valence-corrected chi connectivity index (χ4v) is 2.43. The van der Waals surface area contributed by atoms with Gasteiger partial charge in [-0.1, -0.05) is 45.7 Å². The van der Waals surface area contributed by atoms with E-state index in [0.29, 0.717) is 23.7 Å². The highest BCUT2D eigenvalue weighted by Gasteiger charge is 2.11. The molecular weight excluding hydrogens is 344 g/mol. The van der Waals surface area contributed by atoms with Crippen molar-refractivity contribution in [3.05, 3.63) is 73.2 Å². The van der Waals surface area contributed by atoms with Gasteiger partial charge in [-0.15, -0.1) is 0 Å². The summed E-state index contributed by atoms with van der Waals surface area (Å²) in [7, 11) is 0. The molecule has 0 aliphatic carbocycles. The molecular formula is C14H12BrClN2O2. The highest BCUT2D eigenvalue weighted by molar-refractivity contribution is 9.10. The van der Waals surface area contributed by atoms with Gasteiger partial charge in [0.05, 0.1) is 4.92 Å². The molecule has 0 spiro atoms. The van der Waals surface area contributed by atoms with Crippen molar-refractivity contribution in [3.63, 3.8) is 0 Å². The van der Waals surface area contributed by atoms with E-state index in [1.807, 2.05) is 12.1 Å². The summed E-state index contributed by atoms with van der Waals surface area (Å²) in [6.07, 6.45) is 0. The Balaban J connectivity index is 2.03. The predicted molar refractivity (Wildman–Crippen MR) is 82.8 cm³/mol. The average molecular weight is 356 g/mol.